The molecule has 0 aliphatic rings. The maximum Gasteiger partial charge on any atom is 0.303 e. The van der Waals surface area contributed by atoms with E-state index in [4.69, 9.17) is 21.1 Å². The molecule has 0 atom stereocenters. The van der Waals surface area contributed by atoms with Gasteiger partial charge in [-0.1, -0.05) is 17.7 Å². The van der Waals surface area contributed by atoms with Gasteiger partial charge in [-0.2, -0.15) is 0 Å². The Kier molecular flexibility index (Phi) is 2.64. The SMILES string of the molecule is O=C(O)CCc1ccc(Cl)c2occc12. The molecule has 4 heteroatoms. The van der Waals surface area contributed by atoms with Crippen molar-refractivity contribution in [1.29, 1.82) is 0 Å². The van der Waals surface area contributed by atoms with Crippen molar-refractivity contribution in [2.24, 2.45) is 0 Å². The Hall–Kier alpha value is -1.48. The average Bonchev–Trinajstić information content (AvgIpc) is 2.66. The van der Waals surface area contributed by atoms with E-state index in [0.717, 1.165) is 10.9 Å². The lowest BCUT2D eigenvalue weighted by Crippen LogP contribution is -1.97. The third kappa shape index (κ3) is 1.97. The summed E-state index contributed by atoms with van der Waals surface area (Å²) in [4.78, 5) is 10.5. The average molecular weight is 225 g/mol. The minimum Gasteiger partial charge on any atom is -0.481 e. The first-order chi connectivity index (χ1) is 7.18. The van der Waals surface area contributed by atoms with E-state index in [9.17, 15) is 4.79 Å². The van der Waals surface area contributed by atoms with Crippen LogP contribution in [0.1, 0.15) is 12.0 Å². The van der Waals surface area contributed by atoms with Gasteiger partial charge in [-0.25, -0.2) is 0 Å². The number of carboxylic acid groups (broad SMARTS) is 1. The third-order valence-electron chi connectivity index (χ3n) is 2.27. The zero-order chi connectivity index (χ0) is 10.8. The normalized spacial score (nSPS) is 10.7. The Balaban J connectivity index is 2.39. The summed E-state index contributed by atoms with van der Waals surface area (Å²) >= 11 is 5.92. The summed E-state index contributed by atoms with van der Waals surface area (Å²) in [6, 6.07) is 5.37. The number of hydrogen-bond donors (Lipinski definition) is 1. The first kappa shape index (κ1) is 10.1. The molecule has 0 amide bonds. The summed E-state index contributed by atoms with van der Waals surface area (Å²) in [6.07, 6.45) is 2.16. The van der Waals surface area contributed by atoms with Crippen molar-refractivity contribution in [3.05, 3.63) is 35.0 Å². The highest BCUT2D eigenvalue weighted by molar-refractivity contribution is 6.34. The Morgan fingerprint density at radius 1 is 1.40 bits per heavy atom. The number of halogens is 1. The molecular formula is C11H9ClO3. The summed E-state index contributed by atoms with van der Waals surface area (Å²) in [6.45, 7) is 0. The summed E-state index contributed by atoms with van der Waals surface area (Å²) in [7, 11) is 0. The van der Waals surface area contributed by atoms with E-state index in [2.05, 4.69) is 0 Å². The minimum atomic E-state index is -0.804. The van der Waals surface area contributed by atoms with E-state index in [1.54, 1.807) is 18.4 Å². The molecule has 1 aromatic heterocycles. The van der Waals surface area contributed by atoms with Crippen molar-refractivity contribution in [1.82, 2.24) is 0 Å². The smallest absolute Gasteiger partial charge is 0.303 e. The highest BCUT2D eigenvalue weighted by atomic mass is 35.5. The molecule has 0 bridgehead atoms. The lowest BCUT2D eigenvalue weighted by Gasteiger charge is -2.01. The number of carboxylic acids is 1. The second kappa shape index (κ2) is 3.95. The van der Waals surface area contributed by atoms with Crippen molar-refractivity contribution in [2.75, 3.05) is 0 Å². The number of benzene rings is 1. The Morgan fingerprint density at radius 3 is 2.93 bits per heavy atom. The summed E-state index contributed by atoms with van der Waals surface area (Å²) in [5.74, 6) is -0.804. The van der Waals surface area contributed by atoms with Crippen LogP contribution in [0.3, 0.4) is 0 Å². The monoisotopic (exact) mass is 224 g/mol. The van der Waals surface area contributed by atoms with Crippen molar-refractivity contribution >= 4 is 28.5 Å². The fourth-order valence-corrected chi connectivity index (χ4v) is 1.76. The Morgan fingerprint density at radius 2 is 2.20 bits per heavy atom. The molecule has 1 N–H and O–H groups in total. The predicted molar refractivity (Wildman–Crippen MR) is 57.2 cm³/mol. The third-order valence-corrected chi connectivity index (χ3v) is 2.56. The van der Waals surface area contributed by atoms with Crippen molar-refractivity contribution in [3.8, 4) is 0 Å². The van der Waals surface area contributed by atoms with Gasteiger partial charge in [0.25, 0.3) is 0 Å². The summed E-state index contributed by atoms with van der Waals surface area (Å²) in [5.41, 5.74) is 1.57. The predicted octanol–water partition coefficient (Wildman–Crippen LogP) is 3.10. The van der Waals surface area contributed by atoms with E-state index in [1.807, 2.05) is 6.07 Å². The lowest BCUT2D eigenvalue weighted by atomic mass is 10.1. The number of fused-ring (bicyclic) bond motifs is 1. The summed E-state index contributed by atoms with van der Waals surface area (Å²) in [5, 5.41) is 10.0. The maximum atomic E-state index is 10.5. The fourth-order valence-electron chi connectivity index (χ4n) is 1.55. The van der Waals surface area contributed by atoms with Crippen LogP contribution in [-0.2, 0) is 11.2 Å². The molecule has 0 spiro atoms. The number of carbonyl (C=O) groups is 1. The maximum absolute atomic E-state index is 10.5. The minimum absolute atomic E-state index is 0.113. The molecule has 1 heterocycles. The van der Waals surface area contributed by atoms with Gasteiger partial charge in [0.2, 0.25) is 0 Å². The summed E-state index contributed by atoms with van der Waals surface area (Å²) < 4.78 is 5.22. The number of furan rings is 1. The van der Waals surface area contributed by atoms with Crippen LogP contribution in [-0.4, -0.2) is 11.1 Å². The van der Waals surface area contributed by atoms with Gasteiger partial charge in [-0.15, -0.1) is 0 Å². The van der Waals surface area contributed by atoms with Gasteiger partial charge >= 0.3 is 5.97 Å². The highest BCUT2D eigenvalue weighted by Gasteiger charge is 2.08. The molecule has 0 radical (unpaired) electrons. The van der Waals surface area contributed by atoms with Crippen LogP contribution in [0.5, 0.6) is 0 Å². The van der Waals surface area contributed by atoms with Crippen molar-refractivity contribution in [3.63, 3.8) is 0 Å². The van der Waals surface area contributed by atoms with E-state index in [0.29, 0.717) is 17.0 Å². The standard InChI is InChI=1S/C11H9ClO3/c12-9-3-1-7(2-4-10(13)14)8-5-6-15-11(8)9/h1,3,5-6H,2,4H2,(H,13,14). The molecule has 2 aromatic rings. The van der Waals surface area contributed by atoms with E-state index in [-0.39, 0.29) is 6.42 Å². The first-order valence-electron chi connectivity index (χ1n) is 4.55. The number of rotatable bonds is 3. The molecular weight excluding hydrogens is 216 g/mol. The molecule has 0 aliphatic carbocycles. The van der Waals surface area contributed by atoms with E-state index < -0.39 is 5.97 Å². The second-order valence-electron chi connectivity index (χ2n) is 3.26. The van der Waals surface area contributed by atoms with Crippen molar-refractivity contribution in [2.45, 2.75) is 12.8 Å². The lowest BCUT2D eigenvalue weighted by molar-refractivity contribution is -0.136. The van der Waals surface area contributed by atoms with Gasteiger partial charge in [0, 0.05) is 11.8 Å². The van der Waals surface area contributed by atoms with Crippen LogP contribution >= 0.6 is 11.6 Å². The molecule has 0 saturated heterocycles. The van der Waals surface area contributed by atoms with Crippen LogP contribution in [0.15, 0.2) is 28.9 Å². The second-order valence-corrected chi connectivity index (χ2v) is 3.67. The molecule has 0 saturated carbocycles. The topological polar surface area (TPSA) is 50.4 Å². The first-order valence-corrected chi connectivity index (χ1v) is 4.92. The van der Waals surface area contributed by atoms with Crippen LogP contribution in [0.4, 0.5) is 0 Å². The Labute approximate surface area is 91.3 Å². The van der Waals surface area contributed by atoms with Gasteiger partial charge < -0.3 is 9.52 Å². The van der Waals surface area contributed by atoms with E-state index >= 15 is 0 Å². The number of aryl methyl sites for hydroxylation is 1. The zero-order valence-electron chi connectivity index (χ0n) is 7.87. The number of hydrogen-bond acceptors (Lipinski definition) is 2. The van der Waals surface area contributed by atoms with Gasteiger partial charge in [0.1, 0.15) is 0 Å². The van der Waals surface area contributed by atoms with E-state index in [1.165, 1.54) is 0 Å². The quantitative estimate of drug-likeness (QED) is 0.872. The van der Waals surface area contributed by atoms with Crippen LogP contribution in [0, 0.1) is 0 Å². The molecule has 15 heavy (non-hydrogen) atoms. The molecule has 3 nitrogen and oxygen atoms in total. The molecule has 0 fully saturated rings. The van der Waals surface area contributed by atoms with Crippen LogP contribution < -0.4 is 0 Å². The van der Waals surface area contributed by atoms with Crippen molar-refractivity contribution < 1.29 is 14.3 Å². The molecule has 78 valence electrons. The van der Waals surface area contributed by atoms with Gasteiger partial charge in [-0.3, -0.25) is 4.79 Å². The molecule has 0 aliphatic heterocycles. The highest BCUT2D eigenvalue weighted by Crippen LogP contribution is 2.28. The zero-order valence-corrected chi connectivity index (χ0v) is 8.62. The van der Waals surface area contributed by atoms with Crippen LogP contribution in [0.2, 0.25) is 5.02 Å². The fraction of sp³-hybridized carbons (Fsp3) is 0.182. The molecule has 0 unspecified atom stereocenters. The largest absolute Gasteiger partial charge is 0.481 e. The number of aliphatic carboxylic acids is 1. The molecule has 2 rings (SSSR count). The molecule has 1 aromatic carbocycles. The Bertz CT molecular complexity index is 502. The van der Waals surface area contributed by atoms with Gasteiger partial charge in [-0.05, 0) is 24.1 Å². The van der Waals surface area contributed by atoms with Crippen LogP contribution in [0.25, 0.3) is 11.0 Å². The van der Waals surface area contributed by atoms with Gasteiger partial charge in [0.05, 0.1) is 11.3 Å². The van der Waals surface area contributed by atoms with Gasteiger partial charge in [0.15, 0.2) is 5.58 Å².